The fourth-order valence-electron chi connectivity index (χ4n) is 3.65. The zero-order valence-corrected chi connectivity index (χ0v) is 15.5. The summed E-state index contributed by atoms with van der Waals surface area (Å²) in [5.41, 5.74) is 4.26. The van der Waals surface area contributed by atoms with Crippen LogP contribution in [0.15, 0.2) is 42.6 Å². The summed E-state index contributed by atoms with van der Waals surface area (Å²) in [6, 6.07) is 10.6. The van der Waals surface area contributed by atoms with Gasteiger partial charge in [0.05, 0.1) is 11.3 Å². The van der Waals surface area contributed by atoms with Crippen molar-refractivity contribution in [1.82, 2.24) is 4.90 Å². The lowest BCUT2D eigenvalue weighted by molar-refractivity contribution is -0.118. The summed E-state index contributed by atoms with van der Waals surface area (Å²) < 4.78 is 14.6. The topological polar surface area (TPSA) is 64.7 Å². The van der Waals surface area contributed by atoms with Gasteiger partial charge in [-0.25, -0.2) is 4.39 Å². The lowest BCUT2D eigenvalue weighted by Crippen LogP contribution is -2.46. The van der Waals surface area contributed by atoms with Crippen LogP contribution in [0.25, 0.3) is 5.57 Å². The third-order valence-corrected chi connectivity index (χ3v) is 5.17. The van der Waals surface area contributed by atoms with Crippen LogP contribution in [0.1, 0.15) is 11.1 Å². The van der Waals surface area contributed by atoms with Crippen molar-refractivity contribution in [2.45, 2.75) is 6.92 Å². The molecule has 2 amide bonds. The van der Waals surface area contributed by atoms with Crippen molar-refractivity contribution in [3.05, 3.63) is 59.5 Å². The molecule has 2 N–H and O–H groups in total. The molecule has 0 bridgehead atoms. The third kappa shape index (κ3) is 3.31. The highest BCUT2D eigenvalue weighted by Crippen LogP contribution is 2.34. The molecule has 2 aromatic carbocycles. The molecule has 1 saturated heterocycles. The predicted molar refractivity (Wildman–Crippen MR) is 108 cm³/mol. The summed E-state index contributed by atoms with van der Waals surface area (Å²) in [5.74, 6) is -0.516. The van der Waals surface area contributed by atoms with Crippen molar-refractivity contribution in [2.75, 3.05) is 41.7 Å². The number of anilines is 3. The third-order valence-electron chi connectivity index (χ3n) is 5.17. The molecule has 2 aliphatic heterocycles. The molecule has 6 nitrogen and oxygen atoms in total. The van der Waals surface area contributed by atoms with Crippen LogP contribution < -0.4 is 15.5 Å². The molecule has 0 unspecified atom stereocenters. The van der Waals surface area contributed by atoms with Crippen molar-refractivity contribution in [3.8, 4) is 0 Å². The first-order valence-corrected chi connectivity index (χ1v) is 9.18. The first-order chi connectivity index (χ1) is 13.6. The molecule has 0 aromatic heterocycles. The molecule has 0 aliphatic carbocycles. The zero-order chi connectivity index (χ0) is 19.7. The molecule has 28 heavy (non-hydrogen) atoms. The summed E-state index contributed by atoms with van der Waals surface area (Å²) in [6.45, 7) is 4.32. The lowest BCUT2D eigenvalue weighted by Gasteiger charge is -2.34. The first-order valence-electron chi connectivity index (χ1n) is 9.18. The van der Waals surface area contributed by atoms with Crippen molar-refractivity contribution in [1.29, 1.82) is 0 Å². The fraction of sp³-hybridized carbons (Fsp3) is 0.238. The van der Waals surface area contributed by atoms with Gasteiger partial charge in [0.25, 0.3) is 5.91 Å². The molecule has 0 radical (unpaired) electrons. The molecular weight excluding hydrogens is 359 g/mol. The molecule has 4 rings (SSSR count). The van der Waals surface area contributed by atoms with Crippen LogP contribution in [0.5, 0.6) is 0 Å². The summed E-state index contributed by atoms with van der Waals surface area (Å²) >= 11 is 0. The summed E-state index contributed by atoms with van der Waals surface area (Å²) in [6.07, 6.45) is 2.44. The highest BCUT2D eigenvalue weighted by Gasteiger charge is 2.25. The van der Waals surface area contributed by atoms with Crippen molar-refractivity contribution < 1.29 is 14.0 Å². The number of nitrogens with one attached hydrogen (secondary N) is 2. The molecule has 2 aromatic rings. The molecule has 0 spiro atoms. The Morgan fingerprint density at radius 2 is 1.93 bits per heavy atom. The molecule has 7 heteroatoms. The van der Waals surface area contributed by atoms with Gasteiger partial charge in [0, 0.05) is 49.3 Å². The van der Waals surface area contributed by atoms with Crippen molar-refractivity contribution in [2.24, 2.45) is 0 Å². The zero-order valence-electron chi connectivity index (χ0n) is 15.5. The first kappa shape index (κ1) is 18.0. The predicted octanol–water partition coefficient (Wildman–Crippen LogP) is 2.82. The van der Waals surface area contributed by atoms with Crippen LogP contribution in [0.4, 0.5) is 21.5 Å². The van der Waals surface area contributed by atoms with Crippen LogP contribution in [0.2, 0.25) is 0 Å². The van der Waals surface area contributed by atoms with E-state index in [0.29, 0.717) is 43.1 Å². The molecular formula is C21H21FN4O2. The quantitative estimate of drug-likeness (QED) is 0.632. The minimum absolute atomic E-state index is 0.179. The van der Waals surface area contributed by atoms with Gasteiger partial charge in [0.2, 0.25) is 6.41 Å². The van der Waals surface area contributed by atoms with Crippen LogP contribution >= 0.6 is 0 Å². The molecule has 144 valence electrons. The average Bonchev–Trinajstić information content (AvgIpc) is 3.03. The van der Waals surface area contributed by atoms with Gasteiger partial charge >= 0.3 is 0 Å². The Morgan fingerprint density at radius 3 is 2.64 bits per heavy atom. The van der Waals surface area contributed by atoms with Gasteiger partial charge in [-0.05, 0) is 36.8 Å². The van der Waals surface area contributed by atoms with E-state index < -0.39 is 0 Å². The van der Waals surface area contributed by atoms with Crippen LogP contribution in [-0.4, -0.2) is 43.4 Å². The number of aryl methyl sites for hydroxylation is 1. The van der Waals surface area contributed by atoms with Gasteiger partial charge < -0.3 is 20.4 Å². The summed E-state index contributed by atoms with van der Waals surface area (Å²) in [7, 11) is 0. The van der Waals surface area contributed by atoms with Gasteiger partial charge in [-0.1, -0.05) is 12.1 Å². The number of carbonyl (C=O) groups excluding carboxylic acids is 2. The van der Waals surface area contributed by atoms with Gasteiger partial charge in [0.1, 0.15) is 5.82 Å². The molecule has 0 saturated carbocycles. The number of hydrogen-bond donors (Lipinski definition) is 2. The van der Waals surface area contributed by atoms with E-state index >= 15 is 0 Å². The number of halogens is 1. The second kappa shape index (κ2) is 7.34. The Morgan fingerprint density at radius 1 is 1.14 bits per heavy atom. The maximum absolute atomic E-state index is 14.6. The Labute approximate surface area is 162 Å². The van der Waals surface area contributed by atoms with Gasteiger partial charge in [-0.15, -0.1) is 0 Å². The summed E-state index contributed by atoms with van der Waals surface area (Å²) in [4.78, 5) is 26.7. The van der Waals surface area contributed by atoms with Gasteiger partial charge in [0.15, 0.2) is 0 Å². The summed E-state index contributed by atoms with van der Waals surface area (Å²) in [5, 5.41) is 5.88. The van der Waals surface area contributed by atoms with E-state index in [1.54, 1.807) is 23.2 Å². The smallest absolute Gasteiger partial charge is 0.257 e. The molecule has 1 fully saturated rings. The maximum atomic E-state index is 14.6. The minimum Gasteiger partial charge on any atom is -0.366 e. The minimum atomic E-state index is -0.338. The van der Waals surface area contributed by atoms with E-state index in [1.165, 1.54) is 6.07 Å². The monoisotopic (exact) mass is 380 g/mol. The van der Waals surface area contributed by atoms with Gasteiger partial charge in [-0.2, -0.15) is 0 Å². The number of nitrogens with zero attached hydrogens (tertiary/aromatic N) is 2. The fourth-order valence-corrected chi connectivity index (χ4v) is 3.65. The number of amides is 2. The number of fused-ring (bicyclic) bond motifs is 1. The second-order valence-corrected chi connectivity index (χ2v) is 6.95. The highest BCUT2D eigenvalue weighted by molar-refractivity contribution is 6.32. The van der Waals surface area contributed by atoms with E-state index in [9.17, 15) is 14.0 Å². The second-order valence-electron chi connectivity index (χ2n) is 6.95. The number of carbonyl (C=O) groups is 2. The molecule has 2 heterocycles. The normalized spacial score (nSPS) is 17.5. The molecule has 0 atom stereocenters. The van der Waals surface area contributed by atoms with Gasteiger partial charge in [-0.3, -0.25) is 9.59 Å². The molecule has 2 aliphatic rings. The average molecular weight is 380 g/mol. The SMILES string of the molecule is Cc1cccc2c1/C(=C/Nc1ccc(N3CCN(C=O)CC3)c(F)c1)C(=O)N2. The van der Waals surface area contributed by atoms with Crippen LogP contribution in [0.3, 0.4) is 0 Å². The number of hydrogen-bond acceptors (Lipinski definition) is 4. The Balaban J connectivity index is 1.51. The number of rotatable bonds is 4. The van der Waals surface area contributed by atoms with E-state index in [0.717, 1.165) is 23.2 Å². The van der Waals surface area contributed by atoms with Crippen LogP contribution in [-0.2, 0) is 9.59 Å². The van der Waals surface area contributed by atoms with E-state index in [4.69, 9.17) is 0 Å². The Bertz CT molecular complexity index is 965. The van der Waals surface area contributed by atoms with Crippen LogP contribution in [0, 0.1) is 12.7 Å². The lowest BCUT2D eigenvalue weighted by atomic mass is 10.0. The van der Waals surface area contributed by atoms with E-state index in [2.05, 4.69) is 10.6 Å². The maximum Gasteiger partial charge on any atom is 0.257 e. The van der Waals surface area contributed by atoms with E-state index in [1.807, 2.05) is 30.0 Å². The largest absolute Gasteiger partial charge is 0.366 e. The Hall–Kier alpha value is -3.35. The standard InChI is InChI=1S/C21H21FN4O2/c1-14-3-2-4-18-20(14)16(21(28)24-18)12-23-15-5-6-19(17(22)11-15)26-9-7-25(13-27)8-10-26/h2-6,11-13,23H,7-10H2,1H3,(H,24,28)/b16-12-. The highest BCUT2D eigenvalue weighted by atomic mass is 19.1. The van der Waals surface area contributed by atoms with E-state index in [-0.39, 0.29) is 11.7 Å². The van der Waals surface area contributed by atoms with Crippen molar-refractivity contribution >= 4 is 35.0 Å². The Kier molecular flexibility index (Phi) is 4.73. The van der Waals surface area contributed by atoms with Crippen molar-refractivity contribution in [3.63, 3.8) is 0 Å². The number of piperazine rings is 1. The number of benzene rings is 2.